The van der Waals surface area contributed by atoms with Crippen molar-refractivity contribution >= 4 is 5.96 Å². The van der Waals surface area contributed by atoms with Gasteiger partial charge in [0.15, 0.2) is 5.96 Å². The first-order chi connectivity index (χ1) is 12.7. The largest absolute Gasteiger partial charge is 0.382 e. The van der Waals surface area contributed by atoms with Gasteiger partial charge in [-0.3, -0.25) is 9.89 Å². The first-order valence-electron chi connectivity index (χ1n) is 10.0. The van der Waals surface area contributed by atoms with Gasteiger partial charge < -0.3 is 15.4 Å². The molecule has 1 aromatic rings. The number of benzene rings is 1. The summed E-state index contributed by atoms with van der Waals surface area (Å²) < 4.78 is 5.36. The molecule has 2 N–H and O–H groups in total. The molecule has 148 valence electrons. The van der Waals surface area contributed by atoms with Gasteiger partial charge in [-0.2, -0.15) is 0 Å². The number of rotatable bonds is 13. The standard InChI is InChI=1S/C21H38N4O/c1-5-22-21(23-15-10-11-17-26-6-2)24-16-14-19(3)25(4)18-20-12-8-7-9-13-20/h7-9,12-13,19H,5-6,10-11,14-18H2,1-4H3,(H2,22,23,24). The molecule has 1 aromatic carbocycles. The van der Waals surface area contributed by atoms with Gasteiger partial charge in [-0.05, 0) is 52.6 Å². The first kappa shape index (κ1) is 22.5. The molecule has 0 aliphatic heterocycles. The number of aliphatic imine (C=N–C) groups is 1. The van der Waals surface area contributed by atoms with E-state index in [1.165, 1.54) is 5.56 Å². The summed E-state index contributed by atoms with van der Waals surface area (Å²) in [5.74, 6) is 0.918. The zero-order valence-electron chi connectivity index (χ0n) is 17.1. The fraction of sp³-hybridized carbons (Fsp3) is 0.667. The molecule has 0 aliphatic carbocycles. The molecule has 0 saturated heterocycles. The van der Waals surface area contributed by atoms with E-state index in [0.717, 1.165) is 64.6 Å². The minimum absolute atomic E-state index is 0.511. The third-order valence-electron chi connectivity index (χ3n) is 4.40. The second-order valence-electron chi connectivity index (χ2n) is 6.63. The zero-order valence-corrected chi connectivity index (χ0v) is 17.1. The lowest BCUT2D eigenvalue weighted by atomic mass is 10.1. The molecule has 1 unspecified atom stereocenters. The van der Waals surface area contributed by atoms with Gasteiger partial charge in [-0.15, -0.1) is 0 Å². The molecule has 1 atom stereocenters. The van der Waals surface area contributed by atoms with Gasteiger partial charge in [0, 0.05) is 45.4 Å². The summed E-state index contributed by atoms with van der Waals surface area (Å²) in [6, 6.07) is 11.1. The van der Waals surface area contributed by atoms with Gasteiger partial charge in [0.1, 0.15) is 0 Å². The minimum atomic E-state index is 0.511. The van der Waals surface area contributed by atoms with Crippen LogP contribution in [0.2, 0.25) is 0 Å². The van der Waals surface area contributed by atoms with Crippen molar-refractivity contribution in [2.75, 3.05) is 39.9 Å². The number of unbranched alkanes of at least 4 members (excludes halogenated alkanes) is 1. The monoisotopic (exact) mass is 362 g/mol. The Hall–Kier alpha value is -1.59. The van der Waals surface area contributed by atoms with Crippen LogP contribution in [0.4, 0.5) is 0 Å². The Morgan fingerprint density at radius 2 is 1.92 bits per heavy atom. The molecule has 0 radical (unpaired) electrons. The number of ether oxygens (including phenoxy) is 1. The van der Waals surface area contributed by atoms with Crippen LogP contribution in [0.1, 0.15) is 45.6 Å². The van der Waals surface area contributed by atoms with Gasteiger partial charge in [0.2, 0.25) is 0 Å². The Morgan fingerprint density at radius 1 is 1.15 bits per heavy atom. The van der Waals surface area contributed by atoms with Gasteiger partial charge in [0.25, 0.3) is 0 Å². The number of guanidine groups is 1. The van der Waals surface area contributed by atoms with Crippen molar-refractivity contribution in [2.45, 2.75) is 52.6 Å². The summed E-state index contributed by atoms with van der Waals surface area (Å²) in [7, 11) is 2.19. The SMILES string of the molecule is CCNC(=NCCCCOCC)NCCC(C)N(C)Cc1ccccc1. The maximum absolute atomic E-state index is 5.36. The molecule has 0 aromatic heterocycles. The molecule has 0 aliphatic rings. The van der Waals surface area contributed by atoms with Crippen molar-refractivity contribution in [1.82, 2.24) is 15.5 Å². The average Bonchev–Trinajstić information content (AvgIpc) is 2.65. The third kappa shape index (κ3) is 10.4. The number of hydrogen-bond donors (Lipinski definition) is 2. The summed E-state index contributed by atoms with van der Waals surface area (Å²) in [6.45, 7) is 11.7. The average molecular weight is 363 g/mol. The summed E-state index contributed by atoms with van der Waals surface area (Å²) in [6.07, 6.45) is 3.21. The first-order valence-corrected chi connectivity index (χ1v) is 10.0. The zero-order chi connectivity index (χ0) is 19.0. The lowest BCUT2D eigenvalue weighted by Gasteiger charge is -2.25. The van der Waals surface area contributed by atoms with Crippen LogP contribution >= 0.6 is 0 Å². The summed E-state index contributed by atoms with van der Waals surface area (Å²) >= 11 is 0. The Bertz CT molecular complexity index is 478. The molecule has 0 spiro atoms. The van der Waals surface area contributed by atoms with Crippen LogP contribution in [-0.4, -0.2) is 56.8 Å². The smallest absolute Gasteiger partial charge is 0.191 e. The molecule has 0 amide bonds. The van der Waals surface area contributed by atoms with E-state index in [9.17, 15) is 0 Å². The summed E-state index contributed by atoms with van der Waals surface area (Å²) in [4.78, 5) is 7.04. The summed E-state index contributed by atoms with van der Waals surface area (Å²) in [5, 5.41) is 6.77. The maximum atomic E-state index is 5.36. The van der Waals surface area contributed by atoms with Crippen LogP contribution in [-0.2, 0) is 11.3 Å². The van der Waals surface area contributed by atoms with Crippen molar-refractivity contribution in [3.8, 4) is 0 Å². The van der Waals surface area contributed by atoms with Crippen molar-refractivity contribution in [3.05, 3.63) is 35.9 Å². The Morgan fingerprint density at radius 3 is 2.62 bits per heavy atom. The predicted octanol–water partition coefficient (Wildman–Crippen LogP) is 3.27. The van der Waals surface area contributed by atoms with E-state index in [2.05, 4.69) is 71.8 Å². The summed E-state index contributed by atoms with van der Waals surface area (Å²) in [5.41, 5.74) is 1.36. The number of nitrogens with zero attached hydrogens (tertiary/aromatic N) is 2. The molecule has 5 nitrogen and oxygen atoms in total. The minimum Gasteiger partial charge on any atom is -0.382 e. The normalized spacial score (nSPS) is 13.0. The highest BCUT2D eigenvalue weighted by Crippen LogP contribution is 2.07. The highest BCUT2D eigenvalue weighted by Gasteiger charge is 2.09. The van der Waals surface area contributed by atoms with E-state index >= 15 is 0 Å². The van der Waals surface area contributed by atoms with E-state index in [4.69, 9.17) is 4.74 Å². The molecule has 0 saturated carbocycles. The molecular formula is C21H38N4O. The molecule has 26 heavy (non-hydrogen) atoms. The van der Waals surface area contributed by atoms with Gasteiger partial charge in [0.05, 0.1) is 0 Å². The molecule has 1 rings (SSSR count). The van der Waals surface area contributed by atoms with Crippen LogP contribution in [0.25, 0.3) is 0 Å². The van der Waals surface area contributed by atoms with Crippen molar-refractivity contribution in [1.29, 1.82) is 0 Å². The van der Waals surface area contributed by atoms with Gasteiger partial charge >= 0.3 is 0 Å². The molecule has 0 fully saturated rings. The van der Waals surface area contributed by atoms with Gasteiger partial charge in [-0.25, -0.2) is 0 Å². The lowest BCUT2D eigenvalue weighted by molar-refractivity contribution is 0.144. The quantitative estimate of drug-likeness (QED) is 0.321. The second-order valence-corrected chi connectivity index (χ2v) is 6.63. The second kappa shape index (κ2) is 14.6. The molecule has 5 heteroatoms. The highest BCUT2D eigenvalue weighted by atomic mass is 16.5. The fourth-order valence-electron chi connectivity index (χ4n) is 2.64. The van der Waals surface area contributed by atoms with Crippen LogP contribution in [0.3, 0.4) is 0 Å². The van der Waals surface area contributed by atoms with E-state index in [1.807, 2.05) is 6.92 Å². The fourth-order valence-corrected chi connectivity index (χ4v) is 2.64. The lowest BCUT2D eigenvalue weighted by Crippen LogP contribution is -2.40. The number of hydrogen-bond acceptors (Lipinski definition) is 3. The van der Waals surface area contributed by atoms with E-state index in [0.29, 0.717) is 6.04 Å². The molecule has 0 heterocycles. The predicted molar refractivity (Wildman–Crippen MR) is 112 cm³/mol. The van der Waals surface area contributed by atoms with E-state index < -0.39 is 0 Å². The van der Waals surface area contributed by atoms with Crippen molar-refractivity contribution in [2.24, 2.45) is 4.99 Å². The van der Waals surface area contributed by atoms with Crippen molar-refractivity contribution in [3.63, 3.8) is 0 Å². The molecular weight excluding hydrogens is 324 g/mol. The highest BCUT2D eigenvalue weighted by molar-refractivity contribution is 5.79. The van der Waals surface area contributed by atoms with E-state index in [-0.39, 0.29) is 0 Å². The van der Waals surface area contributed by atoms with Crippen molar-refractivity contribution < 1.29 is 4.74 Å². The Labute approximate surface area is 160 Å². The van der Waals surface area contributed by atoms with Crippen LogP contribution in [0.5, 0.6) is 0 Å². The topological polar surface area (TPSA) is 48.9 Å². The van der Waals surface area contributed by atoms with Crippen LogP contribution < -0.4 is 10.6 Å². The molecule has 0 bridgehead atoms. The third-order valence-corrected chi connectivity index (χ3v) is 4.40. The maximum Gasteiger partial charge on any atom is 0.191 e. The number of nitrogens with one attached hydrogen (secondary N) is 2. The van der Waals surface area contributed by atoms with E-state index in [1.54, 1.807) is 0 Å². The Balaban J connectivity index is 2.27. The van der Waals surface area contributed by atoms with Gasteiger partial charge in [-0.1, -0.05) is 30.3 Å². The van der Waals surface area contributed by atoms with Crippen LogP contribution in [0, 0.1) is 0 Å². The Kier molecular flexibility index (Phi) is 12.6. The van der Waals surface area contributed by atoms with Crippen LogP contribution in [0.15, 0.2) is 35.3 Å².